The van der Waals surface area contributed by atoms with Gasteiger partial charge in [-0.1, -0.05) is 19.1 Å². The molecule has 15 heavy (non-hydrogen) atoms. The van der Waals surface area contributed by atoms with Crippen molar-refractivity contribution in [1.82, 2.24) is 0 Å². The third-order valence-corrected chi connectivity index (χ3v) is 2.80. The zero-order chi connectivity index (χ0) is 11.5. The Hall–Kier alpha value is -1.18. The average molecular weight is 206 g/mol. The van der Waals surface area contributed by atoms with Crippen molar-refractivity contribution in [2.75, 3.05) is 14.1 Å². The summed E-state index contributed by atoms with van der Waals surface area (Å²) in [5.74, 6) is 0.264. The van der Waals surface area contributed by atoms with E-state index in [1.165, 1.54) is 5.71 Å². The molecule has 0 radical (unpaired) electrons. The van der Waals surface area contributed by atoms with Crippen molar-refractivity contribution in [3.63, 3.8) is 0 Å². The number of rotatable bonds is 3. The highest BCUT2D eigenvalue weighted by Crippen LogP contribution is 2.29. The Kier molecular flexibility index (Phi) is 3.61. The lowest BCUT2D eigenvalue weighted by Gasteiger charge is -2.23. The van der Waals surface area contributed by atoms with Gasteiger partial charge in [-0.2, -0.15) is 0 Å². The van der Waals surface area contributed by atoms with Crippen LogP contribution in [-0.2, 0) is 4.79 Å². The maximum atomic E-state index is 10.9. The van der Waals surface area contributed by atoms with Crippen LogP contribution in [0.1, 0.15) is 26.7 Å². The van der Waals surface area contributed by atoms with Crippen LogP contribution in [0.3, 0.4) is 0 Å². The van der Waals surface area contributed by atoms with Gasteiger partial charge in [0.2, 0.25) is 0 Å². The monoisotopic (exact) mass is 206 g/mol. The molecule has 1 rings (SSSR count). The SMILES string of the molecule is CC(=O)CCC1(C)C=CC(=[N+](C)C)C=C1. The molecule has 1 aliphatic rings. The Morgan fingerprint density at radius 3 is 2.27 bits per heavy atom. The van der Waals surface area contributed by atoms with Crippen molar-refractivity contribution in [2.45, 2.75) is 26.7 Å². The van der Waals surface area contributed by atoms with E-state index in [-0.39, 0.29) is 11.2 Å². The topological polar surface area (TPSA) is 20.1 Å². The molecule has 82 valence electrons. The van der Waals surface area contributed by atoms with Crippen molar-refractivity contribution < 1.29 is 9.37 Å². The van der Waals surface area contributed by atoms with Gasteiger partial charge in [-0.25, -0.2) is 4.58 Å². The van der Waals surface area contributed by atoms with Crippen LogP contribution in [0.5, 0.6) is 0 Å². The van der Waals surface area contributed by atoms with Crippen LogP contribution in [-0.4, -0.2) is 30.2 Å². The van der Waals surface area contributed by atoms with Gasteiger partial charge < -0.3 is 4.79 Å². The smallest absolute Gasteiger partial charge is 0.198 e. The fourth-order valence-electron chi connectivity index (χ4n) is 1.57. The largest absolute Gasteiger partial charge is 0.300 e. The Morgan fingerprint density at radius 2 is 1.87 bits per heavy atom. The molecule has 1 aliphatic carbocycles. The second-order valence-electron chi connectivity index (χ2n) is 4.69. The van der Waals surface area contributed by atoms with Gasteiger partial charge in [-0.05, 0) is 13.3 Å². The number of carbonyl (C=O) groups is 1. The lowest BCUT2D eigenvalue weighted by molar-refractivity contribution is -0.462. The van der Waals surface area contributed by atoms with Gasteiger partial charge in [0, 0.05) is 24.0 Å². The molecule has 0 fully saturated rings. The van der Waals surface area contributed by atoms with E-state index in [1.807, 2.05) is 14.1 Å². The summed E-state index contributed by atoms with van der Waals surface area (Å²) in [6, 6.07) is 0. The molecule has 0 N–H and O–H groups in total. The Labute approximate surface area is 92.0 Å². The van der Waals surface area contributed by atoms with E-state index in [2.05, 4.69) is 35.8 Å². The van der Waals surface area contributed by atoms with Crippen LogP contribution >= 0.6 is 0 Å². The number of hydrogen-bond acceptors (Lipinski definition) is 1. The lowest BCUT2D eigenvalue weighted by atomic mass is 9.81. The number of Topliss-reactive ketones (excluding diaryl/α,β-unsaturated/α-hetero) is 1. The molecule has 0 aromatic heterocycles. The van der Waals surface area contributed by atoms with Gasteiger partial charge in [0.1, 0.15) is 19.9 Å². The fraction of sp³-hybridized carbons (Fsp3) is 0.538. The fourth-order valence-corrected chi connectivity index (χ4v) is 1.57. The first-order chi connectivity index (χ1) is 6.93. The average Bonchev–Trinajstić information content (AvgIpc) is 2.16. The predicted molar refractivity (Wildman–Crippen MR) is 63.4 cm³/mol. The highest BCUT2D eigenvalue weighted by molar-refractivity contribution is 6.01. The first kappa shape index (κ1) is 11.9. The van der Waals surface area contributed by atoms with Crippen molar-refractivity contribution in [3.8, 4) is 0 Å². The minimum Gasteiger partial charge on any atom is -0.300 e. The Morgan fingerprint density at radius 1 is 1.33 bits per heavy atom. The van der Waals surface area contributed by atoms with E-state index in [9.17, 15) is 4.79 Å². The van der Waals surface area contributed by atoms with Crippen molar-refractivity contribution in [2.24, 2.45) is 5.41 Å². The molecule has 0 aromatic carbocycles. The van der Waals surface area contributed by atoms with Crippen LogP contribution in [0.15, 0.2) is 24.3 Å². The highest BCUT2D eigenvalue weighted by atomic mass is 16.1. The first-order valence-electron chi connectivity index (χ1n) is 5.35. The minimum atomic E-state index is 0.0468. The molecular formula is C13H20NO+. The lowest BCUT2D eigenvalue weighted by Crippen LogP contribution is -2.18. The summed E-state index contributed by atoms with van der Waals surface area (Å²) in [7, 11) is 4.06. The molecule has 0 aliphatic heterocycles. The van der Waals surface area contributed by atoms with E-state index >= 15 is 0 Å². The van der Waals surface area contributed by atoms with Gasteiger partial charge in [-0.15, -0.1) is 0 Å². The predicted octanol–water partition coefficient (Wildman–Crippen LogP) is 2.20. The summed E-state index contributed by atoms with van der Waals surface area (Å²) in [6.07, 6.45) is 10.2. The molecule has 0 atom stereocenters. The number of allylic oxidation sites excluding steroid dienone is 4. The maximum absolute atomic E-state index is 10.9. The Bertz CT molecular complexity index is 328. The van der Waals surface area contributed by atoms with Crippen LogP contribution < -0.4 is 0 Å². The Balaban J connectivity index is 2.69. The zero-order valence-electron chi connectivity index (χ0n) is 10.1. The van der Waals surface area contributed by atoms with Crippen LogP contribution in [0.2, 0.25) is 0 Å². The van der Waals surface area contributed by atoms with E-state index < -0.39 is 0 Å². The van der Waals surface area contributed by atoms with Crippen molar-refractivity contribution in [3.05, 3.63) is 24.3 Å². The molecule has 0 spiro atoms. The van der Waals surface area contributed by atoms with E-state index in [0.717, 1.165) is 6.42 Å². The summed E-state index contributed by atoms with van der Waals surface area (Å²) in [5, 5.41) is 0. The van der Waals surface area contributed by atoms with Crippen molar-refractivity contribution in [1.29, 1.82) is 0 Å². The minimum absolute atomic E-state index is 0.0468. The molecule has 0 heterocycles. The van der Waals surface area contributed by atoms with Crippen LogP contribution in [0.25, 0.3) is 0 Å². The standard InChI is InChI=1S/C13H20NO/c1-11(15)5-8-13(2)9-6-12(7-10-13)14(3)4/h6-7,9-10H,5,8H2,1-4H3/q+1. The summed E-state index contributed by atoms with van der Waals surface area (Å²) >= 11 is 0. The molecule has 2 heteroatoms. The van der Waals surface area contributed by atoms with Gasteiger partial charge in [-0.3, -0.25) is 0 Å². The molecule has 2 nitrogen and oxygen atoms in total. The maximum Gasteiger partial charge on any atom is 0.198 e. The number of carbonyl (C=O) groups excluding carboxylic acids is 1. The molecule has 0 saturated heterocycles. The second-order valence-corrected chi connectivity index (χ2v) is 4.69. The quantitative estimate of drug-likeness (QED) is 0.648. The van der Waals surface area contributed by atoms with Crippen LogP contribution in [0.4, 0.5) is 0 Å². The van der Waals surface area contributed by atoms with Gasteiger partial charge in [0.05, 0.1) is 0 Å². The number of nitrogens with zero attached hydrogens (tertiary/aromatic N) is 1. The summed E-state index contributed by atoms with van der Waals surface area (Å²) in [5.41, 5.74) is 1.25. The third-order valence-electron chi connectivity index (χ3n) is 2.80. The van der Waals surface area contributed by atoms with Crippen LogP contribution in [0, 0.1) is 5.41 Å². The molecule has 0 aromatic rings. The molecule has 0 saturated carbocycles. The summed E-state index contributed by atoms with van der Waals surface area (Å²) in [6.45, 7) is 3.81. The van der Waals surface area contributed by atoms with Gasteiger partial charge in [0.25, 0.3) is 0 Å². The van der Waals surface area contributed by atoms with E-state index in [4.69, 9.17) is 0 Å². The van der Waals surface area contributed by atoms with Gasteiger partial charge >= 0.3 is 0 Å². The van der Waals surface area contributed by atoms with Gasteiger partial charge in [0.15, 0.2) is 5.71 Å². The zero-order valence-corrected chi connectivity index (χ0v) is 10.1. The summed E-state index contributed by atoms with van der Waals surface area (Å²) in [4.78, 5) is 10.9. The van der Waals surface area contributed by atoms with Crippen molar-refractivity contribution >= 4 is 11.5 Å². The number of hydrogen-bond donors (Lipinski definition) is 0. The highest BCUT2D eigenvalue weighted by Gasteiger charge is 2.22. The number of ketones is 1. The normalized spacial score (nSPS) is 24.4. The molecule has 0 amide bonds. The molecule has 0 unspecified atom stereocenters. The first-order valence-corrected chi connectivity index (χ1v) is 5.35. The second kappa shape index (κ2) is 4.56. The van der Waals surface area contributed by atoms with E-state index in [0.29, 0.717) is 6.42 Å². The third kappa shape index (κ3) is 3.46. The molecule has 0 bridgehead atoms. The summed E-state index contributed by atoms with van der Waals surface area (Å²) < 4.78 is 2.08. The van der Waals surface area contributed by atoms with E-state index in [1.54, 1.807) is 6.92 Å². The molecular weight excluding hydrogens is 186 g/mol.